The van der Waals surface area contributed by atoms with Crippen LogP contribution in [0.25, 0.3) is 6.08 Å². The Morgan fingerprint density at radius 1 is 1.05 bits per heavy atom. The van der Waals surface area contributed by atoms with Crippen molar-refractivity contribution in [3.05, 3.63) is 77.9 Å². The molecule has 1 fully saturated rings. The zero-order chi connectivity index (χ0) is 13.1. The second-order valence-corrected chi connectivity index (χ2v) is 4.57. The highest BCUT2D eigenvalue weighted by Crippen LogP contribution is 2.30. The summed E-state index contributed by atoms with van der Waals surface area (Å²) in [6.07, 6.45) is 13.3. The average Bonchev–Trinajstić information content (AvgIpc) is 3.22. The van der Waals surface area contributed by atoms with E-state index in [1.54, 1.807) is 12.2 Å². The molecule has 2 heteroatoms. The van der Waals surface area contributed by atoms with E-state index >= 15 is 0 Å². The Labute approximate surface area is 112 Å². The van der Waals surface area contributed by atoms with Crippen LogP contribution < -0.4 is 0 Å². The number of ketones is 1. The van der Waals surface area contributed by atoms with Crippen molar-refractivity contribution in [2.75, 3.05) is 0 Å². The highest BCUT2D eigenvalue weighted by atomic mass is 16.6. The first kappa shape index (κ1) is 11.9. The summed E-state index contributed by atoms with van der Waals surface area (Å²) in [5, 5.41) is 0. The molecule has 0 spiro atoms. The van der Waals surface area contributed by atoms with Gasteiger partial charge in [-0.3, -0.25) is 4.79 Å². The maximum Gasteiger partial charge on any atom is 0.178 e. The first-order valence-corrected chi connectivity index (χ1v) is 6.32. The lowest BCUT2D eigenvalue weighted by Gasteiger charge is -1.96. The molecule has 2 nitrogen and oxygen atoms in total. The molecule has 1 aromatic carbocycles. The molecule has 1 saturated heterocycles. The van der Waals surface area contributed by atoms with Crippen LogP contribution in [0, 0.1) is 0 Å². The zero-order valence-corrected chi connectivity index (χ0v) is 10.4. The van der Waals surface area contributed by atoms with Crippen molar-refractivity contribution in [3.8, 4) is 0 Å². The van der Waals surface area contributed by atoms with Crippen LogP contribution in [0.3, 0.4) is 0 Å². The van der Waals surface area contributed by atoms with Crippen LogP contribution in [0.5, 0.6) is 0 Å². The molecular weight excluding hydrogens is 236 g/mol. The Balaban J connectivity index is 1.59. The highest BCUT2D eigenvalue weighted by molar-refractivity contribution is 6.02. The van der Waals surface area contributed by atoms with Gasteiger partial charge in [0.1, 0.15) is 12.2 Å². The van der Waals surface area contributed by atoms with Crippen molar-refractivity contribution in [1.29, 1.82) is 0 Å². The Morgan fingerprint density at radius 3 is 2.63 bits per heavy atom. The fourth-order valence-electron chi connectivity index (χ4n) is 1.96. The second-order valence-electron chi connectivity index (χ2n) is 4.57. The number of hydrogen-bond donors (Lipinski definition) is 0. The Kier molecular flexibility index (Phi) is 3.25. The normalized spacial score (nSPS) is 24.5. The third-order valence-electron chi connectivity index (χ3n) is 3.08. The van der Waals surface area contributed by atoms with Gasteiger partial charge in [0.2, 0.25) is 0 Å². The molecule has 0 N–H and O–H groups in total. The van der Waals surface area contributed by atoms with Gasteiger partial charge in [-0.2, -0.15) is 0 Å². The number of epoxide rings is 1. The van der Waals surface area contributed by atoms with E-state index in [-0.39, 0.29) is 18.0 Å². The number of carbonyl (C=O) groups is 1. The van der Waals surface area contributed by atoms with Crippen molar-refractivity contribution in [2.45, 2.75) is 12.2 Å². The summed E-state index contributed by atoms with van der Waals surface area (Å²) in [5.74, 6) is -0.0167. The minimum Gasteiger partial charge on any atom is -0.361 e. The van der Waals surface area contributed by atoms with Gasteiger partial charge in [-0.1, -0.05) is 54.6 Å². The number of allylic oxidation sites excluding steroid dienone is 5. The summed E-state index contributed by atoms with van der Waals surface area (Å²) in [5.41, 5.74) is 2.05. The summed E-state index contributed by atoms with van der Waals surface area (Å²) < 4.78 is 5.32. The standard InChI is InChI=1S/C17H14O2/c18-15(9-6-13-4-2-1-3-5-13)10-7-14-8-11-16-17(12-14)19-16/h1-12,16-17H/b9-6+,10-7+/t16?,17-/m0/s1. The highest BCUT2D eigenvalue weighted by Gasteiger charge is 2.36. The van der Waals surface area contributed by atoms with Crippen molar-refractivity contribution >= 4 is 11.9 Å². The lowest BCUT2D eigenvalue weighted by atomic mass is 10.1. The molecule has 19 heavy (non-hydrogen) atoms. The van der Waals surface area contributed by atoms with Crippen LogP contribution in [0.2, 0.25) is 0 Å². The summed E-state index contributed by atoms with van der Waals surface area (Å²) in [6, 6.07) is 9.77. The number of rotatable bonds is 4. The summed E-state index contributed by atoms with van der Waals surface area (Å²) >= 11 is 0. The van der Waals surface area contributed by atoms with Crippen molar-refractivity contribution < 1.29 is 9.53 Å². The van der Waals surface area contributed by atoms with Crippen LogP contribution in [-0.2, 0) is 9.53 Å². The van der Waals surface area contributed by atoms with Crippen LogP contribution in [0.1, 0.15) is 5.56 Å². The van der Waals surface area contributed by atoms with E-state index in [4.69, 9.17) is 4.74 Å². The molecule has 1 aliphatic heterocycles. The van der Waals surface area contributed by atoms with Gasteiger partial charge in [0.15, 0.2) is 5.78 Å². The van der Waals surface area contributed by atoms with Crippen molar-refractivity contribution in [3.63, 3.8) is 0 Å². The van der Waals surface area contributed by atoms with Gasteiger partial charge in [0.05, 0.1) is 0 Å². The van der Waals surface area contributed by atoms with E-state index in [9.17, 15) is 4.79 Å². The van der Waals surface area contributed by atoms with Crippen molar-refractivity contribution in [1.82, 2.24) is 0 Å². The van der Waals surface area contributed by atoms with E-state index in [1.165, 1.54) is 0 Å². The molecule has 0 bridgehead atoms. The van der Waals surface area contributed by atoms with Crippen LogP contribution in [-0.4, -0.2) is 18.0 Å². The molecule has 3 rings (SSSR count). The maximum atomic E-state index is 11.7. The molecule has 1 unspecified atom stereocenters. The van der Waals surface area contributed by atoms with Gasteiger partial charge in [0, 0.05) is 0 Å². The minimum atomic E-state index is -0.0167. The Bertz CT molecular complexity index is 591. The monoisotopic (exact) mass is 250 g/mol. The van der Waals surface area contributed by atoms with Crippen LogP contribution >= 0.6 is 0 Å². The topological polar surface area (TPSA) is 29.6 Å². The third-order valence-corrected chi connectivity index (χ3v) is 3.08. The molecule has 1 heterocycles. The second kappa shape index (κ2) is 5.21. The van der Waals surface area contributed by atoms with E-state index in [0.29, 0.717) is 0 Å². The SMILES string of the molecule is O=C(/C=C/C1=C[C@@H]2OC2C=C1)/C=C/c1ccccc1. The van der Waals surface area contributed by atoms with Crippen molar-refractivity contribution in [2.24, 2.45) is 0 Å². The first-order valence-electron chi connectivity index (χ1n) is 6.32. The van der Waals surface area contributed by atoms with Gasteiger partial charge in [-0.05, 0) is 29.4 Å². The minimum absolute atomic E-state index is 0.0167. The zero-order valence-electron chi connectivity index (χ0n) is 10.4. The predicted octanol–water partition coefficient (Wildman–Crippen LogP) is 3.09. The van der Waals surface area contributed by atoms with Gasteiger partial charge in [-0.15, -0.1) is 0 Å². The van der Waals surface area contributed by atoms with Gasteiger partial charge >= 0.3 is 0 Å². The number of benzene rings is 1. The lowest BCUT2D eigenvalue weighted by molar-refractivity contribution is -0.110. The van der Waals surface area contributed by atoms with Gasteiger partial charge in [0.25, 0.3) is 0 Å². The fraction of sp³-hybridized carbons (Fsp3) is 0.118. The predicted molar refractivity (Wildman–Crippen MR) is 75.5 cm³/mol. The van der Waals surface area contributed by atoms with E-state index in [1.807, 2.05) is 60.7 Å². The molecule has 1 aliphatic carbocycles. The van der Waals surface area contributed by atoms with E-state index in [2.05, 4.69) is 0 Å². The number of hydrogen-bond acceptors (Lipinski definition) is 2. The van der Waals surface area contributed by atoms with Crippen LogP contribution in [0.15, 0.2) is 72.4 Å². The fourth-order valence-corrected chi connectivity index (χ4v) is 1.96. The third kappa shape index (κ3) is 3.18. The average molecular weight is 250 g/mol. The van der Waals surface area contributed by atoms with Gasteiger partial charge in [-0.25, -0.2) is 0 Å². The molecule has 0 aromatic heterocycles. The van der Waals surface area contributed by atoms with E-state index < -0.39 is 0 Å². The lowest BCUT2D eigenvalue weighted by Crippen LogP contribution is -1.93. The number of carbonyl (C=O) groups excluding carboxylic acids is 1. The molecule has 2 aliphatic rings. The molecule has 94 valence electrons. The van der Waals surface area contributed by atoms with Gasteiger partial charge < -0.3 is 4.74 Å². The summed E-state index contributed by atoms with van der Waals surface area (Å²) in [6.45, 7) is 0. The summed E-state index contributed by atoms with van der Waals surface area (Å²) in [4.78, 5) is 11.7. The maximum absolute atomic E-state index is 11.7. The van der Waals surface area contributed by atoms with E-state index in [0.717, 1.165) is 11.1 Å². The summed E-state index contributed by atoms with van der Waals surface area (Å²) in [7, 11) is 0. The largest absolute Gasteiger partial charge is 0.361 e. The molecule has 0 saturated carbocycles. The Hall–Kier alpha value is -2.19. The first-order chi connectivity index (χ1) is 9.31. The smallest absolute Gasteiger partial charge is 0.178 e. The number of ether oxygens (including phenoxy) is 1. The molecule has 0 amide bonds. The molecular formula is C17H14O2. The molecule has 2 atom stereocenters. The number of fused-ring (bicyclic) bond motifs is 1. The molecule has 0 radical (unpaired) electrons. The molecule has 1 aromatic rings. The van der Waals surface area contributed by atoms with Crippen LogP contribution in [0.4, 0.5) is 0 Å². The quantitative estimate of drug-likeness (QED) is 0.607. The Morgan fingerprint density at radius 2 is 1.84 bits per heavy atom.